The van der Waals surface area contributed by atoms with E-state index in [2.05, 4.69) is 16.1 Å². The summed E-state index contributed by atoms with van der Waals surface area (Å²) in [5.74, 6) is 2.51. The number of para-hydroxylation sites is 1. The number of hydrogen-bond donors (Lipinski definition) is 0. The minimum Gasteiger partial charge on any atom is -0.493 e. The molecule has 0 unspecified atom stereocenters. The van der Waals surface area contributed by atoms with E-state index in [1.807, 2.05) is 121 Å². The minimum atomic E-state index is -0.243. The Balaban J connectivity index is 1.21. The molecule has 0 saturated heterocycles. The van der Waals surface area contributed by atoms with E-state index in [1.165, 1.54) is 15.9 Å². The van der Waals surface area contributed by atoms with Gasteiger partial charge in [0.25, 0.3) is 5.56 Å². The molecule has 238 valence electrons. The lowest BCUT2D eigenvalue weighted by molar-refractivity contribution is 0.304. The molecule has 0 saturated carbocycles. The largest absolute Gasteiger partial charge is 0.493 e. The van der Waals surface area contributed by atoms with Gasteiger partial charge in [0.1, 0.15) is 18.1 Å². The number of hydrogen-bond acceptors (Lipinski definition) is 8. The summed E-state index contributed by atoms with van der Waals surface area (Å²) in [6, 6.07) is 31.6. The summed E-state index contributed by atoms with van der Waals surface area (Å²) in [5, 5.41) is 9.42. The normalized spacial score (nSPS) is 11.9. The van der Waals surface area contributed by atoms with E-state index in [-0.39, 0.29) is 5.56 Å². The highest BCUT2D eigenvalue weighted by atomic mass is 32.1. The number of aryl methyl sites for hydroxylation is 1. The third-order valence-corrected chi connectivity index (χ3v) is 8.73. The first-order valence-electron chi connectivity index (χ1n) is 15.2. The molecule has 7 rings (SSSR count). The molecule has 0 atom stereocenters. The molecule has 0 aliphatic rings. The molecule has 0 spiro atoms. The molecule has 3 aromatic heterocycles. The van der Waals surface area contributed by atoms with Gasteiger partial charge in [0, 0.05) is 17.3 Å². The van der Waals surface area contributed by atoms with Gasteiger partial charge in [-0.2, -0.15) is 14.6 Å². The predicted octanol–water partition coefficient (Wildman–Crippen LogP) is 6.63. The van der Waals surface area contributed by atoms with E-state index in [9.17, 15) is 4.79 Å². The van der Waals surface area contributed by atoms with Crippen molar-refractivity contribution in [1.82, 2.24) is 24.4 Å². The smallest absolute Gasteiger partial charge is 0.291 e. The van der Waals surface area contributed by atoms with Crippen LogP contribution in [-0.2, 0) is 6.61 Å². The fourth-order valence-electron chi connectivity index (χ4n) is 5.31. The van der Waals surface area contributed by atoms with Gasteiger partial charge in [-0.15, -0.1) is 5.10 Å². The number of nitrogens with zero attached hydrogens (tertiary/aromatic N) is 5. The molecule has 0 radical (unpaired) electrons. The number of ether oxygens (including phenoxy) is 3. The van der Waals surface area contributed by atoms with E-state index in [1.54, 1.807) is 20.3 Å². The van der Waals surface area contributed by atoms with Crippen LogP contribution in [0.25, 0.3) is 40.1 Å². The Kier molecular flexibility index (Phi) is 8.55. The molecular formula is C38H31N5O4S. The van der Waals surface area contributed by atoms with Crippen molar-refractivity contribution < 1.29 is 14.2 Å². The van der Waals surface area contributed by atoms with Crippen molar-refractivity contribution in [2.24, 2.45) is 0 Å². The van der Waals surface area contributed by atoms with Gasteiger partial charge in [0.05, 0.1) is 24.4 Å². The molecule has 0 fully saturated rings. The number of methoxy groups -OCH3 is 2. The van der Waals surface area contributed by atoms with Gasteiger partial charge < -0.3 is 14.2 Å². The molecule has 9 nitrogen and oxygen atoms in total. The van der Waals surface area contributed by atoms with Crippen LogP contribution in [0.1, 0.15) is 28.1 Å². The van der Waals surface area contributed by atoms with Crippen LogP contribution < -0.4 is 24.3 Å². The quantitative estimate of drug-likeness (QED) is 0.164. The van der Waals surface area contributed by atoms with Crippen LogP contribution in [0.5, 0.6) is 17.2 Å². The van der Waals surface area contributed by atoms with Crippen molar-refractivity contribution >= 4 is 34.5 Å². The van der Waals surface area contributed by atoms with Crippen molar-refractivity contribution in [3.8, 4) is 34.2 Å². The maximum absolute atomic E-state index is 13.5. The van der Waals surface area contributed by atoms with E-state index in [0.29, 0.717) is 33.4 Å². The van der Waals surface area contributed by atoms with Crippen molar-refractivity contribution in [3.05, 3.63) is 146 Å². The first kappa shape index (κ1) is 30.6. The zero-order valence-corrected chi connectivity index (χ0v) is 27.3. The van der Waals surface area contributed by atoms with Gasteiger partial charge in [0.2, 0.25) is 4.96 Å². The average Bonchev–Trinajstić information content (AvgIpc) is 3.81. The molecule has 0 bridgehead atoms. The molecule has 3 heterocycles. The Morgan fingerprint density at radius 3 is 2.29 bits per heavy atom. The van der Waals surface area contributed by atoms with Crippen LogP contribution in [0, 0.1) is 6.92 Å². The van der Waals surface area contributed by atoms with Gasteiger partial charge in [-0.05, 0) is 78.2 Å². The van der Waals surface area contributed by atoms with Crippen molar-refractivity contribution in [2.45, 2.75) is 13.5 Å². The summed E-state index contributed by atoms with van der Waals surface area (Å²) >= 11 is 1.29. The average molecular weight is 654 g/mol. The number of thiazole rings is 1. The zero-order chi connectivity index (χ0) is 33.0. The van der Waals surface area contributed by atoms with Gasteiger partial charge in [-0.3, -0.25) is 4.79 Å². The summed E-state index contributed by atoms with van der Waals surface area (Å²) in [4.78, 5) is 18.6. The van der Waals surface area contributed by atoms with Gasteiger partial charge in [-0.25, -0.2) is 4.68 Å². The lowest BCUT2D eigenvalue weighted by Gasteiger charge is -2.10. The molecule has 0 aliphatic carbocycles. The first-order chi connectivity index (χ1) is 23.5. The van der Waals surface area contributed by atoms with Crippen LogP contribution in [-0.4, -0.2) is 38.6 Å². The van der Waals surface area contributed by atoms with Crippen LogP contribution >= 0.6 is 11.3 Å². The lowest BCUT2D eigenvalue weighted by Crippen LogP contribution is -2.23. The van der Waals surface area contributed by atoms with Gasteiger partial charge in [0.15, 0.2) is 17.3 Å². The third-order valence-electron chi connectivity index (χ3n) is 7.77. The standard InChI is InChI=1S/C38H31N5O4S/c1-25-20-28(16-18-31(25)47-24-27-10-6-4-7-11-27)36-29(23-42(41-36)30-12-8-5-9-13-30)22-34-37(44)43-38(48-34)39-35(40-43)19-15-26-14-17-32(45-2)33(21-26)46-3/h4-23H,24H2,1-3H3/b19-15+,34-22-. The van der Waals surface area contributed by atoms with Crippen LogP contribution in [0.15, 0.2) is 108 Å². The topological polar surface area (TPSA) is 92.8 Å². The predicted molar refractivity (Wildman–Crippen MR) is 189 cm³/mol. The maximum atomic E-state index is 13.5. The Labute approximate surface area is 280 Å². The summed E-state index contributed by atoms with van der Waals surface area (Å²) in [5.41, 5.74) is 6.10. The number of aromatic nitrogens is 5. The third kappa shape index (κ3) is 6.33. The fourth-order valence-corrected chi connectivity index (χ4v) is 6.22. The Bertz CT molecular complexity index is 2360. The SMILES string of the molecule is COc1ccc(/C=C/c2nc3s/c(=C\c4cn(-c5ccccc5)nc4-c4ccc(OCc5ccccc5)c(C)c4)c(=O)n3n2)cc1OC. The second-order valence-electron chi connectivity index (χ2n) is 11.0. The fraction of sp³-hybridized carbons (Fsp3) is 0.105. The van der Waals surface area contributed by atoms with E-state index in [0.717, 1.165) is 44.9 Å². The molecule has 48 heavy (non-hydrogen) atoms. The van der Waals surface area contributed by atoms with Crippen molar-refractivity contribution in [2.75, 3.05) is 14.2 Å². The summed E-state index contributed by atoms with van der Waals surface area (Å²) in [6.07, 6.45) is 7.43. The Hall–Kier alpha value is -6.00. The second kappa shape index (κ2) is 13.4. The highest BCUT2D eigenvalue weighted by Crippen LogP contribution is 2.30. The number of rotatable bonds is 10. The molecule has 7 aromatic rings. The van der Waals surface area contributed by atoms with E-state index < -0.39 is 0 Å². The van der Waals surface area contributed by atoms with Crippen LogP contribution in [0.4, 0.5) is 0 Å². The lowest BCUT2D eigenvalue weighted by atomic mass is 10.0. The summed E-state index contributed by atoms with van der Waals surface area (Å²) < 4.78 is 20.5. The minimum absolute atomic E-state index is 0.243. The zero-order valence-electron chi connectivity index (χ0n) is 26.5. The molecule has 0 amide bonds. The highest BCUT2D eigenvalue weighted by Gasteiger charge is 2.15. The number of benzene rings is 4. The van der Waals surface area contributed by atoms with Crippen molar-refractivity contribution in [3.63, 3.8) is 0 Å². The molecular weight excluding hydrogens is 623 g/mol. The maximum Gasteiger partial charge on any atom is 0.291 e. The number of fused-ring (bicyclic) bond motifs is 1. The molecule has 0 aliphatic heterocycles. The van der Waals surface area contributed by atoms with E-state index >= 15 is 0 Å². The second-order valence-corrected chi connectivity index (χ2v) is 12.0. The molecule has 4 aromatic carbocycles. The Morgan fingerprint density at radius 1 is 0.812 bits per heavy atom. The van der Waals surface area contributed by atoms with E-state index in [4.69, 9.17) is 19.3 Å². The van der Waals surface area contributed by atoms with Crippen molar-refractivity contribution in [1.29, 1.82) is 0 Å². The van der Waals surface area contributed by atoms with Crippen LogP contribution in [0.2, 0.25) is 0 Å². The van der Waals surface area contributed by atoms with Crippen LogP contribution in [0.3, 0.4) is 0 Å². The highest BCUT2D eigenvalue weighted by molar-refractivity contribution is 7.15. The first-order valence-corrected chi connectivity index (χ1v) is 16.0. The molecule has 10 heteroatoms. The van der Waals surface area contributed by atoms with Gasteiger partial charge >= 0.3 is 0 Å². The summed E-state index contributed by atoms with van der Waals surface area (Å²) in [7, 11) is 3.19. The molecule has 0 N–H and O–H groups in total. The van der Waals surface area contributed by atoms with Gasteiger partial charge in [-0.1, -0.05) is 72.0 Å². The summed E-state index contributed by atoms with van der Waals surface area (Å²) in [6.45, 7) is 2.51. The monoisotopic (exact) mass is 653 g/mol. The Morgan fingerprint density at radius 2 is 1.56 bits per heavy atom.